The molecule has 1 fully saturated rings. The number of hydrogen-bond acceptors (Lipinski definition) is 6. The molecule has 0 aromatic carbocycles. The Morgan fingerprint density at radius 3 is 2.58 bits per heavy atom. The summed E-state index contributed by atoms with van der Waals surface area (Å²) in [5.41, 5.74) is 0.0487. The quantitative estimate of drug-likeness (QED) is 0.635. The second-order valence-corrected chi connectivity index (χ2v) is 6.60. The van der Waals surface area contributed by atoms with Crippen molar-refractivity contribution in [1.29, 1.82) is 5.26 Å². The topological polar surface area (TPSA) is 95.1 Å². The first-order valence-corrected chi connectivity index (χ1v) is 8.55. The molecule has 1 N–H and O–H groups in total. The highest BCUT2D eigenvalue weighted by Crippen LogP contribution is 2.21. The first-order valence-electron chi connectivity index (χ1n) is 8.55. The molecule has 1 aliphatic rings. The Bertz CT molecular complexity index is 603. The Hall–Kier alpha value is -2.20. The number of nitro groups is 1. The van der Waals surface area contributed by atoms with Gasteiger partial charge in [0.05, 0.1) is 4.92 Å². The fraction of sp³-hybridized carbons (Fsp3) is 0.647. The lowest BCUT2D eigenvalue weighted by Gasteiger charge is -2.34. The molecular weight excluding hydrogens is 306 g/mol. The maximum atomic E-state index is 10.8. The van der Waals surface area contributed by atoms with Crippen LogP contribution in [-0.2, 0) is 0 Å². The van der Waals surface area contributed by atoms with Crippen molar-refractivity contribution >= 4 is 11.5 Å². The molecule has 0 radical (unpaired) electrons. The van der Waals surface area contributed by atoms with Crippen LogP contribution in [0.5, 0.6) is 0 Å². The van der Waals surface area contributed by atoms with E-state index in [0.717, 1.165) is 13.1 Å². The first kappa shape index (κ1) is 18.1. The van der Waals surface area contributed by atoms with Gasteiger partial charge in [-0.05, 0) is 31.8 Å². The zero-order chi connectivity index (χ0) is 17.5. The van der Waals surface area contributed by atoms with Crippen LogP contribution in [0.4, 0.5) is 11.5 Å². The molecule has 0 unspecified atom stereocenters. The number of nitrogens with one attached hydrogen (secondary N) is 1. The molecular formula is C17H25N5O2. The minimum atomic E-state index is -0.536. The van der Waals surface area contributed by atoms with E-state index in [-0.39, 0.29) is 11.3 Å². The lowest BCUT2D eigenvalue weighted by atomic mass is 10.0. The number of nitrogens with zero attached hydrogens (tertiary/aromatic N) is 4. The SMILES string of the molecule is CC(C)[C@H](CNc1ncc([N+](=O)[O-])cc1C#N)N1CCCCCC1. The number of hydrogen-bond donors (Lipinski definition) is 1. The molecule has 1 atom stereocenters. The van der Waals surface area contributed by atoms with E-state index in [0.29, 0.717) is 24.3 Å². The highest BCUT2D eigenvalue weighted by Gasteiger charge is 2.23. The monoisotopic (exact) mass is 331 g/mol. The van der Waals surface area contributed by atoms with Gasteiger partial charge in [-0.2, -0.15) is 5.26 Å². The summed E-state index contributed by atoms with van der Waals surface area (Å²) in [6.45, 7) is 7.28. The van der Waals surface area contributed by atoms with E-state index < -0.39 is 4.92 Å². The van der Waals surface area contributed by atoms with Gasteiger partial charge in [0.25, 0.3) is 5.69 Å². The van der Waals surface area contributed by atoms with Crippen molar-refractivity contribution < 1.29 is 4.92 Å². The normalized spacial score (nSPS) is 17.1. The van der Waals surface area contributed by atoms with Crippen LogP contribution in [0.15, 0.2) is 12.3 Å². The second kappa shape index (κ2) is 8.60. The average Bonchev–Trinajstić information content (AvgIpc) is 2.84. The van der Waals surface area contributed by atoms with E-state index in [4.69, 9.17) is 0 Å². The summed E-state index contributed by atoms with van der Waals surface area (Å²) in [5.74, 6) is 0.891. The predicted molar refractivity (Wildman–Crippen MR) is 92.8 cm³/mol. The Balaban J connectivity index is 2.09. The zero-order valence-electron chi connectivity index (χ0n) is 14.4. The van der Waals surface area contributed by atoms with E-state index in [2.05, 4.69) is 29.0 Å². The van der Waals surface area contributed by atoms with Crippen LogP contribution in [0.1, 0.15) is 45.1 Å². The number of likely N-dealkylation sites (tertiary alicyclic amines) is 1. The summed E-state index contributed by atoms with van der Waals surface area (Å²) in [7, 11) is 0. The van der Waals surface area contributed by atoms with E-state index >= 15 is 0 Å². The Labute approximate surface area is 142 Å². The fourth-order valence-electron chi connectivity index (χ4n) is 3.19. The van der Waals surface area contributed by atoms with Crippen molar-refractivity contribution in [3.05, 3.63) is 27.9 Å². The van der Waals surface area contributed by atoms with Crippen LogP contribution < -0.4 is 5.32 Å². The van der Waals surface area contributed by atoms with Crippen LogP contribution in [0.25, 0.3) is 0 Å². The fourth-order valence-corrected chi connectivity index (χ4v) is 3.19. The van der Waals surface area contributed by atoms with E-state index in [1.54, 1.807) is 0 Å². The van der Waals surface area contributed by atoms with E-state index in [1.807, 2.05) is 6.07 Å². The zero-order valence-corrected chi connectivity index (χ0v) is 14.4. The van der Waals surface area contributed by atoms with E-state index in [1.165, 1.54) is 37.9 Å². The van der Waals surface area contributed by atoms with Crippen molar-refractivity contribution in [2.45, 2.75) is 45.6 Å². The molecule has 0 bridgehead atoms. The van der Waals surface area contributed by atoms with Crippen molar-refractivity contribution in [3.8, 4) is 6.07 Å². The minimum Gasteiger partial charge on any atom is -0.367 e. The summed E-state index contributed by atoms with van der Waals surface area (Å²) >= 11 is 0. The molecule has 130 valence electrons. The molecule has 1 saturated heterocycles. The third-order valence-electron chi connectivity index (χ3n) is 4.56. The molecule has 0 spiro atoms. The molecule has 24 heavy (non-hydrogen) atoms. The van der Waals surface area contributed by atoms with Crippen molar-refractivity contribution in [2.24, 2.45) is 5.92 Å². The highest BCUT2D eigenvalue weighted by molar-refractivity contribution is 5.55. The minimum absolute atomic E-state index is 0.162. The number of aromatic nitrogens is 1. The van der Waals surface area contributed by atoms with Crippen LogP contribution in [0, 0.1) is 27.4 Å². The maximum absolute atomic E-state index is 10.8. The second-order valence-electron chi connectivity index (χ2n) is 6.60. The number of anilines is 1. The molecule has 1 aromatic heterocycles. The van der Waals surface area contributed by atoms with Crippen LogP contribution in [0.3, 0.4) is 0 Å². The van der Waals surface area contributed by atoms with Crippen LogP contribution in [-0.4, -0.2) is 40.5 Å². The molecule has 0 aliphatic carbocycles. The summed E-state index contributed by atoms with van der Waals surface area (Å²) in [4.78, 5) is 16.9. The van der Waals surface area contributed by atoms with Gasteiger partial charge in [-0.15, -0.1) is 0 Å². The molecule has 2 heterocycles. The molecule has 0 amide bonds. The lowest BCUT2D eigenvalue weighted by Crippen LogP contribution is -2.44. The maximum Gasteiger partial charge on any atom is 0.289 e. The standard InChI is InChI=1S/C17H25N5O2/c1-13(2)16(21-7-5-3-4-6-8-21)12-20-17-14(10-18)9-15(11-19-17)22(23)24/h9,11,13,16H,3-8,12H2,1-2H3,(H,19,20)/t16-/m0/s1. The van der Waals surface area contributed by atoms with Gasteiger partial charge in [-0.3, -0.25) is 15.0 Å². The molecule has 1 aromatic rings. The average molecular weight is 331 g/mol. The van der Waals surface area contributed by atoms with Gasteiger partial charge in [0.2, 0.25) is 0 Å². The summed E-state index contributed by atoms with van der Waals surface area (Å²) < 4.78 is 0. The number of nitriles is 1. The summed E-state index contributed by atoms with van der Waals surface area (Å²) in [6.07, 6.45) is 6.22. The van der Waals surface area contributed by atoms with Crippen molar-refractivity contribution in [3.63, 3.8) is 0 Å². The Kier molecular flexibility index (Phi) is 6.50. The first-order chi connectivity index (χ1) is 11.5. The third-order valence-corrected chi connectivity index (χ3v) is 4.56. The predicted octanol–water partition coefficient (Wildman–Crippen LogP) is 3.17. The van der Waals surface area contributed by atoms with Gasteiger partial charge in [0, 0.05) is 18.7 Å². The van der Waals surface area contributed by atoms with Crippen LogP contribution >= 0.6 is 0 Å². The van der Waals surface area contributed by atoms with Gasteiger partial charge >= 0.3 is 0 Å². The largest absolute Gasteiger partial charge is 0.367 e. The molecule has 0 saturated carbocycles. The molecule has 2 rings (SSSR count). The van der Waals surface area contributed by atoms with Gasteiger partial charge in [0.1, 0.15) is 23.6 Å². The smallest absolute Gasteiger partial charge is 0.289 e. The lowest BCUT2D eigenvalue weighted by molar-refractivity contribution is -0.385. The van der Waals surface area contributed by atoms with Gasteiger partial charge in [-0.25, -0.2) is 4.98 Å². The molecule has 1 aliphatic heterocycles. The number of rotatable bonds is 6. The molecule has 7 heteroatoms. The number of pyridine rings is 1. The summed E-state index contributed by atoms with van der Waals surface area (Å²) in [5, 5.41) is 23.3. The van der Waals surface area contributed by atoms with Crippen LogP contribution in [0.2, 0.25) is 0 Å². The molecule has 7 nitrogen and oxygen atoms in total. The van der Waals surface area contributed by atoms with Crippen molar-refractivity contribution in [2.75, 3.05) is 25.0 Å². The van der Waals surface area contributed by atoms with E-state index in [9.17, 15) is 15.4 Å². The van der Waals surface area contributed by atoms with Crippen molar-refractivity contribution in [1.82, 2.24) is 9.88 Å². The summed E-state index contributed by atoms with van der Waals surface area (Å²) in [6, 6.07) is 3.61. The van der Waals surface area contributed by atoms with Gasteiger partial charge in [0.15, 0.2) is 0 Å². The van der Waals surface area contributed by atoms with Gasteiger partial charge < -0.3 is 5.32 Å². The third kappa shape index (κ3) is 4.65. The Morgan fingerprint density at radius 1 is 1.38 bits per heavy atom. The Morgan fingerprint density at radius 2 is 2.04 bits per heavy atom. The highest BCUT2D eigenvalue weighted by atomic mass is 16.6. The van der Waals surface area contributed by atoms with Gasteiger partial charge in [-0.1, -0.05) is 26.7 Å².